The molecule has 4 aliphatic rings. The number of allylic oxidation sites excluding steroid dienone is 5. The van der Waals surface area contributed by atoms with E-state index in [1.165, 1.54) is 36.0 Å². The molecule has 0 saturated heterocycles. The number of ether oxygens (including phenoxy) is 1. The molecule has 5 rings (SSSR count). The van der Waals surface area contributed by atoms with E-state index in [0.717, 1.165) is 25.0 Å². The van der Waals surface area contributed by atoms with Crippen LogP contribution >= 0.6 is 0 Å². The fourth-order valence-electron chi connectivity index (χ4n) is 6.88. The maximum absolute atomic E-state index is 11.1. The van der Waals surface area contributed by atoms with Gasteiger partial charge in [0.2, 0.25) is 0 Å². The van der Waals surface area contributed by atoms with Gasteiger partial charge in [0, 0.05) is 17.2 Å². The number of pyridine rings is 1. The van der Waals surface area contributed by atoms with Crippen molar-refractivity contribution in [2.75, 3.05) is 7.11 Å². The van der Waals surface area contributed by atoms with Gasteiger partial charge in [-0.3, -0.25) is 4.98 Å². The number of aromatic nitrogens is 1. The second kappa shape index (κ2) is 6.65. The van der Waals surface area contributed by atoms with Crippen LogP contribution in [-0.2, 0) is 0 Å². The van der Waals surface area contributed by atoms with Crippen LogP contribution in [0.4, 0.5) is 0 Å². The van der Waals surface area contributed by atoms with Crippen LogP contribution in [0.1, 0.15) is 57.9 Å². The number of hydrogen-bond acceptors (Lipinski definition) is 4. The first-order valence-corrected chi connectivity index (χ1v) is 11.0. The lowest BCUT2D eigenvalue weighted by atomic mass is 9.48. The van der Waals surface area contributed by atoms with Gasteiger partial charge in [0.15, 0.2) is 0 Å². The van der Waals surface area contributed by atoms with Crippen molar-refractivity contribution in [3.63, 3.8) is 0 Å². The van der Waals surface area contributed by atoms with Crippen LogP contribution in [0.3, 0.4) is 0 Å². The number of nitroso groups, excluding NO2 is 1. The normalized spacial score (nSPS) is 38.0. The van der Waals surface area contributed by atoms with Crippen LogP contribution in [0.5, 0.6) is 5.75 Å². The molecule has 0 spiro atoms. The Kier molecular flexibility index (Phi) is 4.30. The summed E-state index contributed by atoms with van der Waals surface area (Å²) in [5.41, 5.74) is 6.00. The Labute approximate surface area is 173 Å². The molecule has 0 radical (unpaired) electrons. The minimum absolute atomic E-state index is 0.0916. The third kappa shape index (κ3) is 2.68. The van der Waals surface area contributed by atoms with E-state index in [4.69, 9.17) is 4.74 Å². The van der Waals surface area contributed by atoms with Crippen LogP contribution in [0.2, 0.25) is 0 Å². The molecule has 2 saturated carbocycles. The molecule has 2 fully saturated rings. The predicted molar refractivity (Wildman–Crippen MR) is 115 cm³/mol. The molecule has 0 aromatic carbocycles. The molecule has 0 aliphatic heterocycles. The summed E-state index contributed by atoms with van der Waals surface area (Å²) < 4.78 is 5.42. The lowest BCUT2D eigenvalue weighted by Gasteiger charge is -2.56. The Bertz CT molecular complexity index is 946. The summed E-state index contributed by atoms with van der Waals surface area (Å²) in [5.74, 6) is 2.12. The van der Waals surface area contributed by atoms with Gasteiger partial charge in [-0.15, -0.1) is 0 Å². The average molecular weight is 391 g/mol. The minimum atomic E-state index is -0.108. The number of nitrogens with zero attached hydrogens (tertiary/aromatic N) is 2. The Morgan fingerprint density at radius 1 is 1.14 bits per heavy atom. The fourth-order valence-corrected chi connectivity index (χ4v) is 6.88. The second-order valence-electron chi connectivity index (χ2n) is 9.76. The molecule has 5 unspecified atom stereocenters. The number of hydrogen-bond donors (Lipinski definition) is 0. The summed E-state index contributed by atoms with van der Waals surface area (Å²) in [6, 6.07) is 2.01. The van der Waals surface area contributed by atoms with E-state index in [9.17, 15) is 4.91 Å². The van der Waals surface area contributed by atoms with Gasteiger partial charge in [0.1, 0.15) is 11.8 Å². The molecule has 1 aromatic rings. The van der Waals surface area contributed by atoms with Gasteiger partial charge in [-0.2, -0.15) is 4.91 Å². The smallest absolute Gasteiger partial charge is 0.137 e. The topological polar surface area (TPSA) is 51.6 Å². The van der Waals surface area contributed by atoms with E-state index < -0.39 is 0 Å². The zero-order valence-corrected chi connectivity index (χ0v) is 17.6. The van der Waals surface area contributed by atoms with Crippen molar-refractivity contribution in [1.82, 2.24) is 4.98 Å². The molecular formula is C25H30N2O2. The van der Waals surface area contributed by atoms with Crippen molar-refractivity contribution < 1.29 is 4.74 Å². The Morgan fingerprint density at radius 3 is 2.79 bits per heavy atom. The van der Waals surface area contributed by atoms with Crippen LogP contribution in [-0.4, -0.2) is 18.1 Å². The van der Waals surface area contributed by atoms with Crippen molar-refractivity contribution in [1.29, 1.82) is 0 Å². The van der Waals surface area contributed by atoms with Crippen molar-refractivity contribution in [2.24, 2.45) is 27.8 Å². The molecule has 0 amide bonds. The van der Waals surface area contributed by atoms with Crippen molar-refractivity contribution in [3.8, 4) is 5.75 Å². The third-order valence-corrected chi connectivity index (χ3v) is 8.53. The molecule has 1 heterocycles. The lowest BCUT2D eigenvalue weighted by molar-refractivity contribution is 0.0641. The lowest BCUT2D eigenvalue weighted by Crippen LogP contribution is -2.47. The Balaban J connectivity index is 1.46. The summed E-state index contributed by atoms with van der Waals surface area (Å²) in [6.07, 6.45) is 17.4. The summed E-state index contributed by atoms with van der Waals surface area (Å²) in [4.78, 5) is 15.5. The van der Waals surface area contributed by atoms with Crippen molar-refractivity contribution in [2.45, 2.75) is 58.4 Å². The Morgan fingerprint density at radius 2 is 2.00 bits per heavy atom. The quantitative estimate of drug-likeness (QED) is 0.463. The van der Waals surface area contributed by atoms with Gasteiger partial charge in [0.25, 0.3) is 0 Å². The van der Waals surface area contributed by atoms with E-state index in [0.29, 0.717) is 11.8 Å². The van der Waals surface area contributed by atoms with E-state index in [-0.39, 0.29) is 16.9 Å². The molecule has 152 valence electrons. The second-order valence-corrected chi connectivity index (χ2v) is 9.76. The fraction of sp³-hybridized carbons (Fsp3) is 0.560. The Hall–Kier alpha value is -2.23. The number of rotatable bonds is 3. The third-order valence-electron chi connectivity index (χ3n) is 8.53. The highest BCUT2D eigenvalue weighted by Crippen LogP contribution is 2.65. The SMILES string of the molecule is COc1cncc(C2=CC=C3C4CCC5=CC(N=O)CCC5(C)C4CCC23C)c1. The van der Waals surface area contributed by atoms with Gasteiger partial charge >= 0.3 is 0 Å². The van der Waals surface area contributed by atoms with Crippen molar-refractivity contribution in [3.05, 3.63) is 58.3 Å². The van der Waals surface area contributed by atoms with Gasteiger partial charge in [-0.25, -0.2) is 0 Å². The van der Waals surface area contributed by atoms with Gasteiger partial charge in [-0.05, 0) is 67.4 Å². The number of fused-ring (bicyclic) bond motifs is 5. The minimum Gasteiger partial charge on any atom is -0.495 e. The van der Waals surface area contributed by atoms with Crippen LogP contribution in [0.25, 0.3) is 5.57 Å². The van der Waals surface area contributed by atoms with E-state index in [1.807, 2.05) is 6.20 Å². The van der Waals surface area contributed by atoms with Crippen LogP contribution in [0.15, 0.2) is 53.0 Å². The predicted octanol–water partition coefficient (Wildman–Crippen LogP) is 6.10. The maximum Gasteiger partial charge on any atom is 0.137 e. The average Bonchev–Trinajstić information content (AvgIpc) is 3.10. The molecule has 4 heteroatoms. The van der Waals surface area contributed by atoms with E-state index >= 15 is 0 Å². The largest absolute Gasteiger partial charge is 0.495 e. The molecule has 0 N–H and O–H groups in total. The molecular weight excluding hydrogens is 360 g/mol. The van der Waals surface area contributed by atoms with Gasteiger partial charge in [0.05, 0.1) is 13.3 Å². The highest BCUT2D eigenvalue weighted by molar-refractivity contribution is 5.78. The van der Waals surface area contributed by atoms with E-state index in [1.54, 1.807) is 18.9 Å². The first-order valence-electron chi connectivity index (χ1n) is 11.0. The maximum atomic E-state index is 11.1. The molecule has 1 aromatic heterocycles. The zero-order chi connectivity index (χ0) is 20.2. The summed E-state index contributed by atoms with van der Waals surface area (Å²) in [5, 5.41) is 3.33. The van der Waals surface area contributed by atoms with Crippen LogP contribution < -0.4 is 4.74 Å². The first-order chi connectivity index (χ1) is 14.0. The molecule has 4 aliphatic carbocycles. The monoisotopic (exact) mass is 390 g/mol. The molecule has 0 bridgehead atoms. The molecule has 5 atom stereocenters. The molecule has 4 nitrogen and oxygen atoms in total. The summed E-state index contributed by atoms with van der Waals surface area (Å²) in [6.45, 7) is 4.88. The molecule has 29 heavy (non-hydrogen) atoms. The standard InChI is InChI=1S/C25H30N2O2/c1-24-10-8-18(27-28)13-17(24)4-5-20-22-7-6-21(25(22,2)11-9-23(20)24)16-12-19(29-3)15-26-14-16/h6-7,12-15,18,20,23H,4-5,8-11H2,1-3H3. The highest BCUT2D eigenvalue weighted by Gasteiger charge is 2.54. The first kappa shape index (κ1) is 18.8. The van der Waals surface area contributed by atoms with Gasteiger partial charge < -0.3 is 4.74 Å². The number of methoxy groups -OCH3 is 1. The van der Waals surface area contributed by atoms with Crippen molar-refractivity contribution >= 4 is 5.57 Å². The summed E-state index contributed by atoms with van der Waals surface area (Å²) in [7, 11) is 1.70. The summed E-state index contributed by atoms with van der Waals surface area (Å²) >= 11 is 0. The highest BCUT2D eigenvalue weighted by atomic mass is 16.5. The zero-order valence-electron chi connectivity index (χ0n) is 17.6. The van der Waals surface area contributed by atoms with E-state index in [2.05, 4.69) is 48.3 Å². The van der Waals surface area contributed by atoms with Crippen LogP contribution in [0, 0.1) is 27.6 Å². The van der Waals surface area contributed by atoms with Gasteiger partial charge in [-0.1, -0.05) is 48.4 Å².